The minimum Gasteiger partial charge on any atom is -0.329 e. The highest BCUT2D eigenvalue weighted by atomic mass is 32.2. The summed E-state index contributed by atoms with van der Waals surface area (Å²) >= 11 is 1.91. The Bertz CT molecular complexity index is 368. The topological polar surface area (TPSA) is 40.6 Å². The van der Waals surface area contributed by atoms with E-state index in [1.807, 2.05) is 23.6 Å². The fourth-order valence-electron chi connectivity index (χ4n) is 3.45. The van der Waals surface area contributed by atoms with E-state index in [9.17, 15) is 9.59 Å². The first-order chi connectivity index (χ1) is 8.70. The van der Waals surface area contributed by atoms with Gasteiger partial charge in [-0.3, -0.25) is 9.59 Å². The maximum atomic E-state index is 12.6. The molecule has 100 valence electrons. The second-order valence-electron chi connectivity index (χ2n) is 5.48. The average molecular weight is 268 g/mol. The second kappa shape index (κ2) is 4.76. The van der Waals surface area contributed by atoms with Gasteiger partial charge in [0, 0.05) is 18.3 Å². The minimum atomic E-state index is -0.254. The summed E-state index contributed by atoms with van der Waals surface area (Å²) in [7, 11) is 0. The van der Waals surface area contributed by atoms with Gasteiger partial charge in [-0.2, -0.15) is 11.8 Å². The minimum absolute atomic E-state index is 0.152. The lowest BCUT2D eigenvalue weighted by Gasteiger charge is -2.45. The summed E-state index contributed by atoms with van der Waals surface area (Å²) in [5.41, 5.74) is 0. The number of nitrogens with zero attached hydrogens (tertiary/aromatic N) is 2. The van der Waals surface area contributed by atoms with Gasteiger partial charge in [-0.25, -0.2) is 0 Å². The number of thioether (sulfide) groups is 1. The number of piperazine rings is 1. The Balaban J connectivity index is 1.83. The Kier molecular flexibility index (Phi) is 3.26. The molecular weight excluding hydrogens is 248 g/mol. The fourth-order valence-corrected chi connectivity index (χ4v) is 4.59. The van der Waals surface area contributed by atoms with Crippen LogP contribution in [0.3, 0.4) is 0 Å². The summed E-state index contributed by atoms with van der Waals surface area (Å²) in [6, 6.07) is -0.130. The summed E-state index contributed by atoms with van der Waals surface area (Å²) in [5.74, 6) is 2.55. The molecule has 3 unspecified atom stereocenters. The van der Waals surface area contributed by atoms with E-state index in [2.05, 4.69) is 0 Å². The normalized spacial score (nSPS) is 37.1. The van der Waals surface area contributed by atoms with Crippen LogP contribution in [0.2, 0.25) is 0 Å². The molecule has 0 aliphatic carbocycles. The van der Waals surface area contributed by atoms with Crippen molar-refractivity contribution in [3.63, 3.8) is 0 Å². The zero-order valence-electron chi connectivity index (χ0n) is 10.8. The van der Waals surface area contributed by atoms with E-state index in [1.165, 1.54) is 5.75 Å². The standard InChI is InChI=1S/C13H20N2O2S/c1-9-12(16)14-6-2-5-11(14)13(17)15(9)10-4-3-7-18-8-10/h9-11H,2-8H2,1H3. The van der Waals surface area contributed by atoms with Gasteiger partial charge in [0.15, 0.2) is 0 Å². The zero-order valence-corrected chi connectivity index (χ0v) is 11.6. The van der Waals surface area contributed by atoms with Crippen molar-refractivity contribution in [2.75, 3.05) is 18.1 Å². The first-order valence-corrected chi connectivity index (χ1v) is 8.06. The predicted molar refractivity (Wildman–Crippen MR) is 71.4 cm³/mol. The molecular formula is C13H20N2O2S. The van der Waals surface area contributed by atoms with Crippen LogP contribution in [0.25, 0.3) is 0 Å². The highest BCUT2D eigenvalue weighted by Crippen LogP contribution is 2.31. The SMILES string of the molecule is CC1C(=O)N2CCCC2C(=O)N1C1CCCSC1. The van der Waals surface area contributed by atoms with Gasteiger partial charge >= 0.3 is 0 Å². The first kappa shape index (κ1) is 12.3. The molecule has 0 aromatic rings. The van der Waals surface area contributed by atoms with Crippen molar-refractivity contribution < 1.29 is 9.59 Å². The van der Waals surface area contributed by atoms with Crippen molar-refractivity contribution in [2.45, 2.75) is 50.7 Å². The summed E-state index contributed by atoms with van der Waals surface area (Å²) in [6.07, 6.45) is 4.05. The highest BCUT2D eigenvalue weighted by molar-refractivity contribution is 7.99. The van der Waals surface area contributed by atoms with Crippen LogP contribution in [0.15, 0.2) is 0 Å². The number of hydrogen-bond acceptors (Lipinski definition) is 3. The Morgan fingerprint density at radius 2 is 2.00 bits per heavy atom. The first-order valence-electron chi connectivity index (χ1n) is 6.90. The molecule has 18 heavy (non-hydrogen) atoms. The monoisotopic (exact) mass is 268 g/mol. The lowest BCUT2D eigenvalue weighted by molar-refractivity contribution is -0.161. The van der Waals surface area contributed by atoms with E-state index >= 15 is 0 Å². The largest absolute Gasteiger partial charge is 0.329 e. The molecule has 3 aliphatic rings. The van der Waals surface area contributed by atoms with Crippen molar-refractivity contribution in [1.82, 2.24) is 9.80 Å². The molecule has 0 bridgehead atoms. The Morgan fingerprint density at radius 1 is 1.17 bits per heavy atom. The lowest BCUT2D eigenvalue weighted by atomic mass is 10.0. The third kappa shape index (κ3) is 1.83. The molecule has 0 radical (unpaired) electrons. The molecule has 3 heterocycles. The van der Waals surface area contributed by atoms with Gasteiger partial charge in [0.05, 0.1) is 0 Å². The Labute approximate surface area is 112 Å². The van der Waals surface area contributed by atoms with Crippen molar-refractivity contribution in [1.29, 1.82) is 0 Å². The van der Waals surface area contributed by atoms with E-state index in [1.54, 1.807) is 4.90 Å². The molecule has 3 atom stereocenters. The van der Waals surface area contributed by atoms with Crippen molar-refractivity contribution in [2.24, 2.45) is 0 Å². The molecule has 3 aliphatic heterocycles. The molecule has 0 aromatic carbocycles. The van der Waals surface area contributed by atoms with Crippen LogP contribution in [0.4, 0.5) is 0 Å². The molecule has 0 N–H and O–H groups in total. The van der Waals surface area contributed by atoms with Crippen LogP contribution in [-0.4, -0.2) is 57.8 Å². The van der Waals surface area contributed by atoms with E-state index in [-0.39, 0.29) is 29.9 Å². The van der Waals surface area contributed by atoms with E-state index < -0.39 is 0 Å². The summed E-state index contributed by atoms with van der Waals surface area (Å²) in [4.78, 5) is 28.6. The molecule has 0 spiro atoms. The van der Waals surface area contributed by atoms with E-state index in [0.717, 1.165) is 38.0 Å². The number of carbonyl (C=O) groups excluding carboxylic acids is 2. The zero-order chi connectivity index (χ0) is 12.7. The molecule has 3 saturated heterocycles. The number of hydrogen-bond donors (Lipinski definition) is 0. The molecule has 3 rings (SSSR count). The summed E-state index contributed by atoms with van der Waals surface area (Å²) in [5, 5.41) is 0. The van der Waals surface area contributed by atoms with Gasteiger partial charge in [-0.05, 0) is 38.4 Å². The summed E-state index contributed by atoms with van der Waals surface area (Å²) in [6.45, 7) is 2.67. The molecule has 5 heteroatoms. The lowest BCUT2D eigenvalue weighted by Crippen LogP contribution is -2.65. The van der Waals surface area contributed by atoms with E-state index in [4.69, 9.17) is 0 Å². The average Bonchev–Trinajstić information content (AvgIpc) is 2.87. The van der Waals surface area contributed by atoms with Crippen LogP contribution in [-0.2, 0) is 9.59 Å². The third-order valence-electron chi connectivity index (χ3n) is 4.38. The molecule has 2 amide bonds. The van der Waals surface area contributed by atoms with Gasteiger partial charge in [0.25, 0.3) is 0 Å². The van der Waals surface area contributed by atoms with Crippen molar-refractivity contribution >= 4 is 23.6 Å². The van der Waals surface area contributed by atoms with Crippen molar-refractivity contribution in [3.8, 4) is 0 Å². The third-order valence-corrected chi connectivity index (χ3v) is 5.58. The van der Waals surface area contributed by atoms with Gasteiger partial charge in [0.1, 0.15) is 12.1 Å². The van der Waals surface area contributed by atoms with Crippen molar-refractivity contribution in [3.05, 3.63) is 0 Å². The smallest absolute Gasteiger partial charge is 0.246 e. The van der Waals surface area contributed by atoms with Crippen LogP contribution < -0.4 is 0 Å². The Morgan fingerprint density at radius 3 is 2.72 bits per heavy atom. The fraction of sp³-hybridized carbons (Fsp3) is 0.846. The predicted octanol–water partition coefficient (Wildman–Crippen LogP) is 1.10. The quantitative estimate of drug-likeness (QED) is 0.715. The number of carbonyl (C=O) groups is 2. The van der Waals surface area contributed by atoms with Crippen LogP contribution in [0.5, 0.6) is 0 Å². The molecule has 0 saturated carbocycles. The molecule has 4 nitrogen and oxygen atoms in total. The van der Waals surface area contributed by atoms with Crippen LogP contribution >= 0.6 is 11.8 Å². The Hall–Kier alpha value is -0.710. The van der Waals surface area contributed by atoms with Gasteiger partial charge < -0.3 is 9.80 Å². The number of fused-ring (bicyclic) bond motifs is 1. The highest BCUT2D eigenvalue weighted by Gasteiger charge is 2.48. The maximum Gasteiger partial charge on any atom is 0.246 e. The summed E-state index contributed by atoms with van der Waals surface area (Å²) < 4.78 is 0. The number of amides is 2. The second-order valence-corrected chi connectivity index (χ2v) is 6.63. The van der Waals surface area contributed by atoms with Gasteiger partial charge in [0.2, 0.25) is 11.8 Å². The number of rotatable bonds is 1. The van der Waals surface area contributed by atoms with Gasteiger partial charge in [-0.15, -0.1) is 0 Å². The van der Waals surface area contributed by atoms with E-state index in [0.29, 0.717) is 0 Å². The molecule has 3 fully saturated rings. The molecule has 0 aromatic heterocycles. The van der Waals surface area contributed by atoms with Crippen LogP contribution in [0, 0.1) is 0 Å². The maximum absolute atomic E-state index is 12.6. The van der Waals surface area contributed by atoms with Gasteiger partial charge in [-0.1, -0.05) is 0 Å². The van der Waals surface area contributed by atoms with Crippen LogP contribution in [0.1, 0.15) is 32.6 Å².